The van der Waals surface area contributed by atoms with Crippen molar-refractivity contribution < 1.29 is 9.21 Å². The maximum absolute atomic E-state index is 11.7. The predicted molar refractivity (Wildman–Crippen MR) is 64.3 cm³/mol. The van der Waals surface area contributed by atoms with E-state index in [1.807, 2.05) is 0 Å². The van der Waals surface area contributed by atoms with Crippen molar-refractivity contribution in [2.75, 3.05) is 0 Å². The molecule has 2 aromatic rings. The van der Waals surface area contributed by atoms with Gasteiger partial charge in [-0.2, -0.15) is 0 Å². The third kappa shape index (κ3) is 3.15. The summed E-state index contributed by atoms with van der Waals surface area (Å²) in [6.45, 7) is 0.175. The number of nitrogens with one attached hydrogen (secondary N) is 2. The molecule has 1 aromatic heterocycles. The van der Waals surface area contributed by atoms with E-state index in [0.29, 0.717) is 16.5 Å². The molecular formula is C10H8ClN3O2S. The highest BCUT2D eigenvalue weighted by atomic mass is 35.5. The molecule has 0 unspecified atom stereocenters. The number of rotatable bonds is 3. The lowest BCUT2D eigenvalue weighted by Gasteiger charge is -2.02. The molecule has 0 aliphatic rings. The fourth-order valence-electron chi connectivity index (χ4n) is 1.20. The predicted octanol–water partition coefficient (Wildman–Crippen LogP) is 2.32. The molecule has 0 bridgehead atoms. The van der Waals surface area contributed by atoms with Gasteiger partial charge in [-0.25, -0.2) is 5.10 Å². The maximum Gasteiger partial charge on any atom is 0.284 e. The minimum Gasteiger partial charge on any atom is -0.412 e. The number of aromatic amines is 1. The van der Waals surface area contributed by atoms with Crippen LogP contribution in [-0.2, 0) is 6.54 Å². The van der Waals surface area contributed by atoms with Crippen LogP contribution in [-0.4, -0.2) is 16.1 Å². The van der Waals surface area contributed by atoms with Crippen molar-refractivity contribution >= 4 is 29.7 Å². The molecule has 17 heavy (non-hydrogen) atoms. The first-order valence-electron chi connectivity index (χ1n) is 4.73. The molecule has 0 saturated carbocycles. The summed E-state index contributed by atoms with van der Waals surface area (Å²) < 4.78 is 5.00. The lowest BCUT2D eigenvalue weighted by molar-refractivity contribution is 0.0947. The topological polar surface area (TPSA) is 70.9 Å². The molecule has 1 aromatic carbocycles. The molecule has 0 saturated heterocycles. The Labute approximate surface area is 107 Å². The largest absolute Gasteiger partial charge is 0.412 e. The molecule has 2 N–H and O–H groups in total. The van der Waals surface area contributed by atoms with Crippen LogP contribution >= 0.6 is 23.8 Å². The van der Waals surface area contributed by atoms with Crippen LogP contribution in [0.1, 0.15) is 16.2 Å². The first-order valence-corrected chi connectivity index (χ1v) is 5.52. The van der Waals surface area contributed by atoms with E-state index in [1.165, 1.54) is 0 Å². The van der Waals surface area contributed by atoms with Gasteiger partial charge in [-0.1, -0.05) is 11.6 Å². The van der Waals surface area contributed by atoms with Crippen LogP contribution in [0.25, 0.3) is 0 Å². The van der Waals surface area contributed by atoms with Gasteiger partial charge in [0.15, 0.2) is 0 Å². The molecule has 2 rings (SSSR count). The second-order valence-corrected chi connectivity index (χ2v) is 4.00. The third-order valence-electron chi connectivity index (χ3n) is 1.99. The molecule has 7 heteroatoms. The van der Waals surface area contributed by atoms with Crippen LogP contribution < -0.4 is 5.32 Å². The summed E-state index contributed by atoms with van der Waals surface area (Å²) in [5.41, 5.74) is 0.517. The second kappa shape index (κ2) is 5.11. The Hall–Kier alpha value is -1.66. The molecule has 0 aliphatic carbocycles. The van der Waals surface area contributed by atoms with E-state index < -0.39 is 0 Å². The number of carbonyl (C=O) groups excluding carboxylic acids is 1. The summed E-state index contributed by atoms with van der Waals surface area (Å²) in [7, 11) is 0. The first-order chi connectivity index (χ1) is 8.15. The van der Waals surface area contributed by atoms with Crippen molar-refractivity contribution in [3.8, 4) is 0 Å². The van der Waals surface area contributed by atoms with E-state index >= 15 is 0 Å². The van der Waals surface area contributed by atoms with Crippen molar-refractivity contribution in [2.24, 2.45) is 0 Å². The van der Waals surface area contributed by atoms with Crippen LogP contribution in [0, 0.1) is 4.84 Å². The van der Waals surface area contributed by atoms with E-state index in [-0.39, 0.29) is 17.3 Å². The summed E-state index contributed by atoms with van der Waals surface area (Å²) in [4.78, 5) is 11.9. The quantitative estimate of drug-likeness (QED) is 0.839. The minimum absolute atomic E-state index is 0.175. The number of H-pyrrole nitrogens is 1. The number of carbonyl (C=O) groups is 1. The van der Waals surface area contributed by atoms with Gasteiger partial charge < -0.3 is 9.73 Å². The Balaban J connectivity index is 1.98. The lowest BCUT2D eigenvalue weighted by atomic mass is 10.2. The fourth-order valence-corrected chi connectivity index (χ4v) is 1.46. The van der Waals surface area contributed by atoms with Crippen LogP contribution in [0.3, 0.4) is 0 Å². The van der Waals surface area contributed by atoms with Crippen molar-refractivity contribution in [3.63, 3.8) is 0 Å². The average Bonchev–Trinajstić information content (AvgIpc) is 2.73. The Bertz CT molecular complexity index is 576. The molecule has 0 atom stereocenters. The number of hydrogen-bond donors (Lipinski definition) is 2. The van der Waals surface area contributed by atoms with Crippen molar-refractivity contribution in [1.82, 2.24) is 15.5 Å². The second-order valence-electron chi connectivity index (χ2n) is 3.20. The highest BCUT2D eigenvalue weighted by molar-refractivity contribution is 7.71. The van der Waals surface area contributed by atoms with Gasteiger partial charge in [0.05, 0.1) is 6.54 Å². The van der Waals surface area contributed by atoms with E-state index in [9.17, 15) is 4.79 Å². The number of hydrogen-bond acceptors (Lipinski definition) is 4. The summed E-state index contributed by atoms with van der Waals surface area (Å²) in [6, 6.07) is 6.57. The van der Waals surface area contributed by atoms with Gasteiger partial charge in [0.1, 0.15) is 0 Å². The minimum atomic E-state index is -0.231. The smallest absolute Gasteiger partial charge is 0.284 e. The van der Waals surface area contributed by atoms with Gasteiger partial charge >= 0.3 is 0 Å². The fraction of sp³-hybridized carbons (Fsp3) is 0.100. The van der Waals surface area contributed by atoms with Gasteiger partial charge in [0.2, 0.25) is 5.89 Å². The Morgan fingerprint density at radius 3 is 2.76 bits per heavy atom. The summed E-state index contributed by atoms with van der Waals surface area (Å²) >= 11 is 10.4. The van der Waals surface area contributed by atoms with E-state index in [2.05, 4.69) is 15.5 Å². The molecule has 1 heterocycles. The maximum atomic E-state index is 11.7. The number of benzene rings is 1. The molecule has 0 radical (unpaired) electrons. The first kappa shape index (κ1) is 11.8. The molecular weight excluding hydrogens is 262 g/mol. The molecule has 88 valence electrons. The summed E-state index contributed by atoms with van der Waals surface area (Å²) in [5, 5.41) is 9.46. The third-order valence-corrected chi connectivity index (χ3v) is 2.42. The highest BCUT2D eigenvalue weighted by Crippen LogP contribution is 2.09. The van der Waals surface area contributed by atoms with Gasteiger partial charge in [0, 0.05) is 10.6 Å². The Morgan fingerprint density at radius 1 is 1.47 bits per heavy atom. The van der Waals surface area contributed by atoms with Crippen molar-refractivity contribution in [3.05, 3.63) is 45.6 Å². The van der Waals surface area contributed by atoms with Gasteiger partial charge in [-0.05, 0) is 36.5 Å². The van der Waals surface area contributed by atoms with Crippen molar-refractivity contribution in [2.45, 2.75) is 6.54 Å². The zero-order chi connectivity index (χ0) is 12.3. The van der Waals surface area contributed by atoms with Gasteiger partial charge in [0.25, 0.3) is 10.7 Å². The van der Waals surface area contributed by atoms with Gasteiger partial charge in [-0.15, -0.1) is 5.10 Å². The lowest BCUT2D eigenvalue weighted by Crippen LogP contribution is -2.22. The zero-order valence-electron chi connectivity index (χ0n) is 8.57. The van der Waals surface area contributed by atoms with E-state index in [4.69, 9.17) is 28.2 Å². The average molecular weight is 270 g/mol. The number of halogens is 1. The van der Waals surface area contributed by atoms with Crippen LogP contribution in [0.15, 0.2) is 28.7 Å². The Kier molecular flexibility index (Phi) is 3.55. The number of amides is 1. The SMILES string of the molecule is O=C(NCc1n[nH]c(=S)o1)c1ccc(Cl)cc1. The summed E-state index contributed by atoms with van der Waals surface area (Å²) in [6.07, 6.45) is 0. The van der Waals surface area contributed by atoms with E-state index in [0.717, 1.165) is 0 Å². The standard InChI is InChI=1S/C10H8ClN3O2S/c11-7-3-1-6(2-4-7)9(15)12-5-8-13-14-10(17)16-8/h1-4H,5H2,(H,12,15)(H,14,17). The molecule has 0 spiro atoms. The molecule has 1 amide bonds. The summed E-state index contributed by atoms with van der Waals surface area (Å²) in [5.74, 6) is 0.100. The number of aromatic nitrogens is 2. The molecule has 0 aliphatic heterocycles. The zero-order valence-corrected chi connectivity index (χ0v) is 10.1. The van der Waals surface area contributed by atoms with Crippen LogP contribution in [0.4, 0.5) is 0 Å². The molecule has 5 nitrogen and oxygen atoms in total. The van der Waals surface area contributed by atoms with Crippen molar-refractivity contribution in [1.29, 1.82) is 0 Å². The normalized spacial score (nSPS) is 10.2. The Morgan fingerprint density at radius 2 is 2.18 bits per heavy atom. The monoisotopic (exact) mass is 269 g/mol. The van der Waals surface area contributed by atoms with Crippen LogP contribution in [0.2, 0.25) is 5.02 Å². The van der Waals surface area contributed by atoms with E-state index in [1.54, 1.807) is 24.3 Å². The highest BCUT2D eigenvalue weighted by Gasteiger charge is 2.06. The van der Waals surface area contributed by atoms with Gasteiger partial charge in [-0.3, -0.25) is 4.79 Å². The number of nitrogens with zero attached hydrogens (tertiary/aromatic N) is 1. The molecule has 0 fully saturated rings. The van der Waals surface area contributed by atoms with Crippen LogP contribution in [0.5, 0.6) is 0 Å².